The Morgan fingerprint density at radius 3 is 2.52 bits per heavy atom. The standard InChI is InChI=1S/C15H13Cl2NO3/c1-21-14(20)8-9-7-10(19)5-6-13(9)18-15-11(16)3-2-4-12(15)17/h2-7,18-19H,8H2,1H3. The molecule has 0 aliphatic heterocycles. The molecule has 110 valence electrons. The number of halogens is 2. The number of aromatic hydroxyl groups is 1. The largest absolute Gasteiger partial charge is 0.508 e. The van der Waals surface area contributed by atoms with Crippen LogP contribution in [0.15, 0.2) is 36.4 Å². The van der Waals surface area contributed by atoms with E-state index < -0.39 is 5.97 Å². The number of rotatable bonds is 4. The number of benzene rings is 2. The predicted molar refractivity (Wildman–Crippen MR) is 83.6 cm³/mol. The minimum Gasteiger partial charge on any atom is -0.508 e. The molecule has 0 amide bonds. The first-order chi connectivity index (χ1) is 10.0. The van der Waals surface area contributed by atoms with E-state index in [4.69, 9.17) is 23.2 Å². The molecule has 2 aromatic carbocycles. The number of phenolic OH excluding ortho intramolecular Hbond substituents is 1. The number of carbonyl (C=O) groups is 1. The monoisotopic (exact) mass is 325 g/mol. The molecule has 0 atom stereocenters. The molecule has 2 rings (SSSR count). The van der Waals surface area contributed by atoms with Crippen molar-refractivity contribution in [2.24, 2.45) is 0 Å². The van der Waals surface area contributed by atoms with Gasteiger partial charge in [-0.15, -0.1) is 0 Å². The van der Waals surface area contributed by atoms with Crippen LogP contribution in [0, 0.1) is 0 Å². The van der Waals surface area contributed by atoms with Crippen LogP contribution in [0.25, 0.3) is 0 Å². The minimum absolute atomic E-state index is 0.0231. The molecule has 0 unspecified atom stereocenters. The average Bonchev–Trinajstić information content (AvgIpc) is 2.45. The zero-order chi connectivity index (χ0) is 15.4. The molecule has 2 N–H and O–H groups in total. The molecule has 6 heteroatoms. The fourth-order valence-electron chi connectivity index (χ4n) is 1.83. The number of hydrogen-bond acceptors (Lipinski definition) is 4. The van der Waals surface area contributed by atoms with Crippen molar-refractivity contribution in [2.45, 2.75) is 6.42 Å². The molecule has 0 heterocycles. The van der Waals surface area contributed by atoms with Crippen LogP contribution in [0.1, 0.15) is 5.56 Å². The van der Waals surface area contributed by atoms with Gasteiger partial charge in [0.05, 0.1) is 29.3 Å². The molecular weight excluding hydrogens is 313 g/mol. The highest BCUT2D eigenvalue weighted by Gasteiger charge is 2.12. The van der Waals surface area contributed by atoms with Crippen LogP contribution in [-0.2, 0) is 16.0 Å². The maximum Gasteiger partial charge on any atom is 0.310 e. The van der Waals surface area contributed by atoms with Gasteiger partial charge in [-0.2, -0.15) is 0 Å². The lowest BCUT2D eigenvalue weighted by Crippen LogP contribution is -2.07. The first-order valence-electron chi connectivity index (χ1n) is 6.11. The molecule has 2 aromatic rings. The van der Waals surface area contributed by atoms with Crippen molar-refractivity contribution in [1.82, 2.24) is 0 Å². The maximum atomic E-state index is 11.4. The molecule has 0 fully saturated rings. The second-order valence-electron chi connectivity index (χ2n) is 4.32. The number of methoxy groups -OCH3 is 1. The van der Waals surface area contributed by atoms with Gasteiger partial charge in [-0.05, 0) is 35.9 Å². The molecule has 4 nitrogen and oxygen atoms in total. The van der Waals surface area contributed by atoms with Crippen LogP contribution < -0.4 is 5.32 Å². The Labute approximate surface area is 132 Å². The number of ether oxygens (including phenoxy) is 1. The molecule has 0 spiro atoms. The van der Waals surface area contributed by atoms with Gasteiger partial charge in [-0.3, -0.25) is 4.79 Å². The molecule has 0 aromatic heterocycles. The van der Waals surface area contributed by atoms with Crippen LogP contribution in [0.3, 0.4) is 0 Å². The van der Waals surface area contributed by atoms with E-state index in [1.807, 2.05) is 0 Å². The third-order valence-electron chi connectivity index (χ3n) is 2.87. The molecule has 0 radical (unpaired) electrons. The van der Waals surface area contributed by atoms with E-state index in [0.717, 1.165) is 0 Å². The summed E-state index contributed by atoms with van der Waals surface area (Å²) in [6.45, 7) is 0. The molecule has 21 heavy (non-hydrogen) atoms. The van der Waals surface area contributed by atoms with E-state index in [-0.39, 0.29) is 12.2 Å². The highest BCUT2D eigenvalue weighted by Crippen LogP contribution is 2.34. The van der Waals surface area contributed by atoms with Crippen molar-refractivity contribution in [3.05, 3.63) is 52.0 Å². The third-order valence-corrected chi connectivity index (χ3v) is 3.50. The number of anilines is 2. The van der Waals surface area contributed by atoms with Crippen LogP contribution in [0.2, 0.25) is 10.0 Å². The van der Waals surface area contributed by atoms with Crippen LogP contribution >= 0.6 is 23.2 Å². The van der Waals surface area contributed by atoms with E-state index in [1.165, 1.54) is 19.2 Å². The van der Waals surface area contributed by atoms with Gasteiger partial charge in [0.15, 0.2) is 0 Å². The number of nitrogens with one attached hydrogen (secondary N) is 1. The van der Waals surface area contributed by atoms with Crippen LogP contribution in [0.4, 0.5) is 11.4 Å². The highest BCUT2D eigenvalue weighted by atomic mass is 35.5. The van der Waals surface area contributed by atoms with Gasteiger partial charge < -0.3 is 15.2 Å². The van der Waals surface area contributed by atoms with Gasteiger partial charge in [-0.25, -0.2) is 0 Å². The third kappa shape index (κ3) is 3.80. The topological polar surface area (TPSA) is 58.6 Å². The number of phenols is 1. The summed E-state index contributed by atoms with van der Waals surface area (Å²) in [5, 5.41) is 13.6. The Hall–Kier alpha value is -1.91. The molecule has 0 aliphatic carbocycles. The molecule has 0 saturated heterocycles. The fraction of sp³-hybridized carbons (Fsp3) is 0.133. The SMILES string of the molecule is COC(=O)Cc1cc(O)ccc1Nc1c(Cl)cccc1Cl. The average molecular weight is 326 g/mol. The first-order valence-corrected chi connectivity index (χ1v) is 6.86. The van der Waals surface area contributed by atoms with Crippen LogP contribution in [0.5, 0.6) is 5.75 Å². The van der Waals surface area contributed by atoms with E-state index in [2.05, 4.69) is 10.1 Å². The van der Waals surface area contributed by atoms with Gasteiger partial charge in [0.25, 0.3) is 0 Å². The van der Waals surface area contributed by atoms with Gasteiger partial charge in [0.2, 0.25) is 0 Å². The zero-order valence-electron chi connectivity index (χ0n) is 11.2. The minimum atomic E-state index is -0.408. The zero-order valence-corrected chi connectivity index (χ0v) is 12.7. The molecule has 0 aliphatic rings. The van der Waals surface area contributed by atoms with Gasteiger partial charge >= 0.3 is 5.97 Å². The van der Waals surface area contributed by atoms with Crippen molar-refractivity contribution >= 4 is 40.5 Å². The van der Waals surface area contributed by atoms with E-state index in [1.54, 1.807) is 24.3 Å². The lowest BCUT2D eigenvalue weighted by atomic mass is 10.1. The Balaban J connectivity index is 2.37. The number of carbonyl (C=O) groups excluding carboxylic acids is 1. The molecular formula is C15H13Cl2NO3. The quantitative estimate of drug-likeness (QED) is 0.654. The first kappa shape index (κ1) is 15.5. The maximum absolute atomic E-state index is 11.4. The highest BCUT2D eigenvalue weighted by molar-refractivity contribution is 6.39. The smallest absolute Gasteiger partial charge is 0.310 e. The summed E-state index contributed by atoms with van der Waals surface area (Å²) in [7, 11) is 1.31. The summed E-state index contributed by atoms with van der Waals surface area (Å²) in [5.41, 5.74) is 1.74. The summed E-state index contributed by atoms with van der Waals surface area (Å²) in [4.78, 5) is 11.4. The Morgan fingerprint density at radius 2 is 1.90 bits per heavy atom. The summed E-state index contributed by atoms with van der Waals surface area (Å²) in [5.74, 6) is -0.349. The van der Waals surface area contributed by atoms with Gasteiger partial charge in [0, 0.05) is 5.69 Å². The summed E-state index contributed by atoms with van der Waals surface area (Å²) < 4.78 is 4.65. The van der Waals surface area contributed by atoms with E-state index >= 15 is 0 Å². The normalized spacial score (nSPS) is 10.2. The van der Waals surface area contributed by atoms with Crippen molar-refractivity contribution in [2.75, 3.05) is 12.4 Å². The van der Waals surface area contributed by atoms with Crippen molar-refractivity contribution in [1.29, 1.82) is 0 Å². The number of para-hydroxylation sites is 1. The second kappa shape index (κ2) is 6.70. The van der Waals surface area contributed by atoms with Gasteiger partial charge in [-0.1, -0.05) is 29.3 Å². The summed E-state index contributed by atoms with van der Waals surface area (Å²) >= 11 is 12.2. The van der Waals surface area contributed by atoms with Gasteiger partial charge in [0.1, 0.15) is 5.75 Å². The Morgan fingerprint density at radius 1 is 1.24 bits per heavy atom. The molecule has 0 bridgehead atoms. The van der Waals surface area contributed by atoms with E-state index in [0.29, 0.717) is 27.0 Å². The fourth-order valence-corrected chi connectivity index (χ4v) is 2.32. The number of esters is 1. The van der Waals surface area contributed by atoms with Crippen molar-refractivity contribution in [3.63, 3.8) is 0 Å². The van der Waals surface area contributed by atoms with Crippen molar-refractivity contribution in [3.8, 4) is 5.75 Å². The summed E-state index contributed by atoms with van der Waals surface area (Å²) in [6, 6.07) is 9.79. The Kier molecular flexibility index (Phi) is 4.94. The second-order valence-corrected chi connectivity index (χ2v) is 5.13. The molecule has 0 saturated carbocycles. The lowest BCUT2D eigenvalue weighted by molar-refractivity contribution is -0.139. The lowest BCUT2D eigenvalue weighted by Gasteiger charge is -2.14. The predicted octanol–water partition coefficient (Wildman–Crippen LogP) is 4.16. The Bertz CT molecular complexity index is 654. The van der Waals surface area contributed by atoms with Crippen LogP contribution in [-0.4, -0.2) is 18.2 Å². The summed E-state index contributed by atoms with van der Waals surface area (Å²) in [6.07, 6.45) is 0.0231. The van der Waals surface area contributed by atoms with E-state index in [9.17, 15) is 9.90 Å². The van der Waals surface area contributed by atoms with Crippen molar-refractivity contribution < 1.29 is 14.6 Å². The number of hydrogen-bond donors (Lipinski definition) is 2.